The van der Waals surface area contributed by atoms with E-state index in [0.717, 1.165) is 11.6 Å². The average molecular weight is 295 g/mol. The summed E-state index contributed by atoms with van der Waals surface area (Å²) in [5, 5.41) is 3.51. The molecule has 1 fully saturated rings. The van der Waals surface area contributed by atoms with Crippen molar-refractivity contribution in [2.75, 3.05) is 11.6 Å². The second kappa shape index (κ2) is 6.61. The van der Waals surface area contributed by atoms with Crippen molar-refractivity contribution in [2.45, 2.75) is 56.4 Å². The van der Waals surface area contributed by atoms with Crippen LogP contribution in [0.4, 0.5) is 5.69 Å². The minimum absolute atomic E-state index is 0.391. The van der Waals surface area contributed by atoms with Crippen LogP contribution >= 0.6 is 0 Å². The summed E-state index contributed by atoms with van der Waals surface area (Å²) < 4.78 is 23.2. The van der Waals surface area contributed by atoms with Crippen LogP contribution in [0.2, 0.25) is 0 Å². The van der Waals surface area contributed by atoms with Crippen molar-refractivity contribution < 1.29 is 8.42 Å². The Morgan fingerprint density at radius 3 is 2.70 bits per heavy atom. The quantitative estimate of drug-likeness (QED) is 0.858. The molecular formula is C16H25NO2S. The summed E-state index contributed by atoms with van der Waals surface area (Å²) in [5.74, 6) is 0.865. The molecule has 1 aliphatic rings. The SMILES string of the molecule is CCC1CCCC(Nc2cccc(S(C)(=O)=O)c2)CC1. The Labute approximate surface area is 122 Å². The first-order valence-electron chi connectivity index (χ1n) is 7.55. The molecule has 0 radical (unpaired) electrons. The van der Waals surface area contributed by atoms with Gasteiger partial charge in [0.2, 0.25) is 0 Å². The normalized spacial score (nSPS) is 24.1. The van der Waals surface area contributed by atoms with E-state index in [-0.39, 0.29) is 0 Å². The van der Waals surface area contributed by atoms with Gasteiger partial charge in [0.05, 0.1) is 4.90 Å². The zero-order valence-electron chi connectivity index (χ0n) is 12.4. The summed E-state index contributed by atoms with van der Waals surface area (Å²) in [6, 6.07) is 7.64. The minimum atomic E-state index is -3.13. The highest BCUT2D eigenvalue weighted by atomic mass is 32.2. The molecule has 112 valence electrons. The molecule has 0 spiro atoms. The third-order valence-electron chi connectivity index (χ3n) is 4.30. The fourth-order valence-electron chi connectivity index (χ4n) is 2.98. The first-order valence-corrected chi connectivity index (χ1v) is 9.45. The Hall–Kier alpha value is -1.03. The average Bonchev–Trinajstić information content (AvgIpc) is 2.63. The van der Waals surface area contributed by atoms with Crippen molar-refractivity contribution in [3.05, 3.63) is 24.3 Å². The molecule has 0 saturated heterocycles. The molecule has 2 unspecified atom stereocenters. The Balaban J connectivity index is 2.03. The van der Waals surface area contributed by atoms with Crippen molar-refractivity contribution in [3.8, 4) is 0 Å². The number of nitrogens with one attached hydrogen (secondary N) is 1. The molecule has 2 rings (SSSR count). The van der Waals surface area contributed by atoms with Crippen LogP contribution in [0.5, 0.6) is 0 Å². The van der Waals surface area contributed by atoms with Gasteiger partial charge in [-0.25, -0.2) is 8.42 Å². The van der Waals surface area contributed by atoms with Gasteiger partial charge in [0.25, 0.3) is 0 Å². The zero-order chi connectivity index (χ0) is 14.6. The van der Waals surface area contributed by atoms with Crippen LogP contribution in [-0.2, 0) is 9.84 Å². The predicted octanol–water partition coefficient (Wildman–Crippen LogP) is 3.86. The van der Waals surface area contributed by atoms with Gasteiger partial charge in [-0.05, 0) is 43.4 Å². The van der Waals surface area contributed by atoms with Crippen molar-refractivity contribution >= 4 is 15.5 Å². The van der Waals surface area contributed by atoms with Crippen LogP contribution in [0.15, 0.2) is 29.2 Å². The van der Waals surface area contributed by atoms with E-state index in [1.54, 1.807) is 12.1 Å². The van der Waals surface area contributed by atoms with Crippen molar-refractivity contribution in [2.24, 2.45) is 5.92 Å². The molecule has 2 atom stereocenters. The molecule has 0 amide bonds. The van der Waals surface area contributed by atoms with Gasteiger partial charge >= 0.3 is 0 Å². The molecule has 20 heavy (non-hydrogen) atoms. The molecular weight excluding hydrogens is 270 g/mol. The van der Waals surface area contributed by atoms with Gasteiger partial charge in [0.1, 0.15) is 0 Å². The van der Waals surface area contributed by atoms with Crippen LogP contribution in [-0.4, -0.2) is 20.7 Å². The molecule has 1 N–H and O–H groups in total. The van der Waals surface area contributed by atoms with Crippen molar-refractivity contribution in [3.63, 3.8) is 0 Å². The van der Waals surface area contributed by atoms with Gasteiger partial charge in [-0.3, -0.25) is 0 Å². The van der Waals surface area contributed by atoms with Gasteiger partial charge in [-0.15, -0.1) is 0 Å². The van der Waals surface area contributed by atoms with Crippen molar-refractivity contribution in [1.29, 1.82) is 0 Å². The van der Waals surface area contributed by atoms with E-state index in [2.05, 4.69) is 12.2 Å². The minimum Gasteiger partial charge on any atom is -0.382 e. The molecule has 3 nitrogen and oxygen atoms in total. The second-order valence-electron chi connectivity index (χ2n) is 5.92. The summed E-state index contributed by atoms with van der Waals surface area (Å²) >= 11 is 0. The third kappa shape index (κ3) is 4.23. The van der Waals surface area contributed by atoms with Gasteiger partial charge in [-0.2, -0.15) is 0 Å². The topological polar surface area (TPSA) is 46.2 Å². The van der Waals surface area contributed by atoms with Gasteiger partial charge < -0.3 is 5.32 Å². The molecule has 0 aliphatic heterocycles. The van der Waals surface area contributed by atoms with E-state index in [4.69, 9.17) is 0 Å². The standard InChI is InChI=1S/C16H25NO2S/c1-3-13-6-4-7-14(11-10-13)17-15-8-5-9-16(12-15)20(2,18)19/h5,8-9,12-14,17H,3-4,6-7,10-11H2,1-2H3. The lowest BCUT2D eigenvalue weighted by atomic mass is 9.98. The maximum atomic E-state index is 11.6. The summed E-state index contributed by atoms with van der Waals surface area (Å²) in [4.78, 5) is 0.391. The van der Waals surface area contributed by atoms with Crippen LogP contribution in [0.25, 0.3) is 0 Å². The Morgan fingerprint density at radius 2 is 2.00 bits per heavy atom. The van der Waals surface area contributed by atoms with Crippen LogP contribution < -0.4 is 5.32 Å². The second-order valence-corrected chi connectivity index (χ2v) is 7.94. The maximum Gasteiger partial charge on any atom is 0.175 e. The first kappa shape index (κ1) is 15.4. The van der Waals surface area contributed by atoms with Crippen molar-refractivity contribution in [1.82, 2.24) is 0 Å². The number of sulfone groups is 1. The van der Waals surface area contributed by atoms with Gasteiger partial charge in [0, 0.05) is 18.0 Å². The molecule has 1 saturated carbocycles. The van der Waals surface area contributed by atoms with Crippen LogP contribution in [0, 0.1) is 5.92 Å². The molecule has 0 aromatic heterocycles. The largest absolute Gasteiger partial charge is 0.382 e. The number of anilines is 1. The summed E-state index contributed by atoms with van der Waals surface area (Å²) in [6.07, 6.45) is 8.76. The summed E-state index contributed by atoms with van der Waals surface area (Å²) in [7, 11) is -3.13. The highest BCUT2D eigenvalue weighted by molar-refractivity contribution is 7.90. The molecule has 0 bridgehead atoms. The van der Waals surface area contributed by atoms with E-state index < -0.39 is 9.84 Å². The fourth-order valence-corrected chi connectivity index (χ4v) is 3.65. The van der Waals surface area contributed by atoms with Gasteiger partial charge in [-0.1, -0.05) is 32.3 Å². The Bertz CT molecular complexity index is 539. The van der Waals surface area contributed by atoms with E-state index >= 15 is 0 Å². The number of benzene rings is 1. The number of rotatable bonds is 4. The lowest BCUT2D eigenvalue weighted by molar-refractivity contribution is 0.444. The van der Waals surface area contributed by atoms with E-state index in [1.165, 1.54) is 44.8 Å². The van der Waals surface area contributed by atoms with Gasteiger partial charge in [0.15, 0.2) is 9.84 Å². The Morgan fingerprint density at radius 1 is 1.20 bits per heavy atom. The molecule has 0 heterocycles. The zero-order valence-corrected chi connectivity index (χ0v) is 13.2. The first-order chi connectivity index (χ1) is 9.49. The summed E-state index contributed by atoms with van der Waals surface area (Å²) in [5.41, 5.74) is 0.924. The fraction of sp³-hybridized carbons (Fsp3) is 0.625. The van der Waals surface area contributed by atoms with Crippen LogP contribution in [0.1, 0.15) is 45.4 Å². The molecule has 1 aromatic rings. The maximum absolute atomic E-state index is 11.6. The van der Waals surface area contributed by atoms with Crippen LogP contribution in [0.3, 0.4) is 0 Å². The lowest BCUT2D eigenvalue weighted by Gasteiger charge is -2.18. The third-order valence-corrected chi connectivity index (χ3v) is 5.41. The van der Waals surface area contributed by atoms with E-state index in [1.807, 2.05) is 12.1 Å². The highest BCUT2D eigenvalue weighted by Crippen LogP contribution is 2.27. The number of hydrogen-bond donors (Lipinski definition) is 1. The monoisotopic (exact) mass is 295 g/mol. The molecule has 4 heteroatoms. The Kier molecular flexibility index (Phi) is 5.08. The van der Waals surface area contributed by atoms with E-state index in [9.17, 15) is 8.42 Å². The molecule has 1 aromatic carbocycles. The number of hydrogen-bond acceptors (Lipinski definition) is 3. The van der Waals surface area contributed by atoms with E-state index in [0.29, 0.717) is 10.9 Å². The predicted molar refractivity (Wildman–Crippen MR) is 83.8 cm³/mol. The molecule has 1 aliphatic carbocycles. The summed E-state index contributed by atoms with van der Waals surface area (Å²) in [6.45, 7) is 2.27. The smallest absolute Gasteiger partial charge is 0.175 e. The lowest BCUT2D eigenvalue weighted by Crippen LogP contribution is -2.18. The highest BCUT2D eigenvalue weighted by Gasteiger charge is 2.18.